The van der Waals surface area contributed by atoms with E-state index in [4.69, 9.17) is 11.6 Å². The molecule has 0 bridgehead atoms. The molecule has 19 heavy (non-hydrogen) atoms. The van der Waals surface area contributed by atoms with Crippen molar-refractivity contribution >= 4 is 23.3 Å². The van der Waals surface area contributed by atoms with Gasteiger partial charge in [0.2, 0.25) is 0 Å². The lowest BCUT2D eigenvalue weighted by molar-refractivity contribution is 0.102. The monoisotopic (exact) mass is 281 g/mol. The molecule has 0 aliphatic carbocycles. The first-order valence-corrected chi connectivity index (χ1v) is 6.17. The second kappa shape index (κ2) is 5.40. The van der Waals surface area contributed by atoms with Gasteiger partial charge in [-0.1, -0.05) is 31.5 Å². The number of aromatic nitrogens is 2. The van der Waals surface area contributed by atoms with Crippen LogP contribution in [0.3, 0.4) is 0 Å². The van der Waals surface area contributed by atoms with E-state index >= 15 is 0 Å². The molecule has 0 fully saturated rings. The Bertz CT molecular complexity index is 610. The molecule has 0 unspecified atom stereocenters. The second-order valence-electron chi connectivity index (χ2n) is 4.42. The van der Waals surface area contributed by atoms with Crippen molar-refractivity contribution in [2.24, 2.45) is 0 Å². The number of hydrogen-bond donors (Lipinski definition) is 2. The van der Waals surface area contributed by atoms with E-state index in [1.807, 2.05) is 13.8 Å². The average Bonchev–Trinajstić information content (AvgIpc) is 2.81. The van der Waals surface area contributed by atoms with E-state index in [0.29, 0.717) is 5.82 Å². The molecular formula is C13H13ClFN3O. The molecular weight excluding hydrogens is 269 g/mol. The lowest BCUT2D eigenvalue weighted by Crippen LogP contribution is -2.14. The van der Waals surface area contributed by atoms with E-state index in [2.05, 4.69) is 15.5 Å². The normalized spacial score (nSPS) is 10.8. The van der Waals surface area contributed by atoms with E-state index in [1.165, 1.54) is 18.2 Å². The summed E-state index contributed by atoms with van der Waals surface area (Å²) in [7, 11) is 0. The fourth-order valence-electron chi connectivity index (χ4n) is 1.56. The number of carbonyl (C=O) groups excluding carboxylic acids is 1. The number of halogens is 2. The molecule has 2 aromatic rings. The average molecular weight is 282 g/mol. The Labute approximate surface area is 115 Å². The summed E-state index contributed by atoms with van der Waals surface area (Å²) >= 11 is 5.63. The molecule has 0 atom stereocenters. The van der Waals surface area contributed by atoms with Crippen LogP contribution in [0.1, 0.15) is 35.8 Å². The first-order chi connectivity index (χ1) is 8.99. The van der Waals surface area contributed by atoms with Crippen molar-refractivity contribution in [3.63, 3.8) is 0 Å². The summed E-state index contributed by atoms with van der Waals surface area (Å²) in [6.07, 6.45) is 0. The van der Waals surface area contributed by atoms with Gasteiger partial charge in [0.05, 0.1) is 10.6 Å². The van der Waals surface area contributed by atoms with Gasteiger partial charge in [0.1, 0.15) is 0 Å². The minimum atomic E-state index is -0.735. The summed E-state index contributed by atoms with van der Waals surface area (Å²) in [4.78, 5) is 11.9. The number of amides is 1. The van der Waals surface area contributed by atoms with Crippen molar-refractivity contribution in [1.29, 1.82) is 0 Å². The highest BCUT2D eigenvalue weighted by atomic mass is 35.5. The zero-order valence-corrected chi connectivity index (χ0v) is 11.3. The van der Waals surface area contributed by atoms with Gasteiger partial charge in [-0.2, -0.15) is 5.10 Å². The van der Waals surface area contributed by atoms with Gasteiger partial charge in [0.15, 0.2) is 11.6 Å². The van der Waals surface area contributed by atoms with Gasteiger partial charge in [0.25, 0.3) is 5.91 Å². The SMILES string of the molecule is CC(C)c1cc(NC(=O)c2cccc(Cl)c2F)n[nH]1. The van der Waals surface area contributed by atoms with Crippen molar-refractivity contribution < 1.29 is 9.18 Å². The van der Waals surface area contributed by atoms with E-state index in [-0.39, 0.29) is 16.5 Å². The second-order valence-corrected chi connectivity index (χ2v) is 4.83. The number of aromatic amines is 1. The highest BCUT2D eigenvalue weighted by Gasteiger charge is 2.15. The molecule has 1 aromatic carbocycles. The van der Waals surface area contributed by atoms with Crippen LogP contribution in [0.5, 0.6) is 0 Å². The molecule has 2 N–H and O–H groups in total. The molecule has 0 aliphatic rings. The van der Waals surface area contributed by atoms with Gasteiger partial charge in [-0.25, -0.2) is 4.39 Å². The summed E-state index contributed by atoms with van der Waals surface area (Å²) in [5, 5.41) is 9.18. The lowest BCUT2D eigenvalue weighted by Gasteiger charge is -2.04. The van der Waals surface area contributed by atoms with Crippen molar-refractivity contribution in [3.8, 4) is 0 Å². The standard InChI is InChI=1S/C13H13ClFN3O/c1-7(2)10-6-11(18-17-10)16-13(19)8-4-3-5-9(14)12(8)15/h3-7H,1-2H3,(H2,16,17,18,19). The topological polar surface area (TPSA) is 57.8 Å². The van der Waals surface area contributed by atoms with E-state index in [0.717, 1.165) is 5.69 Å². The Morgan fingerprint density at radius 3 is 2.84 bits per heavy atom. The third-order valence-corrected chi connectivity index (χ3v) is 2.95. The first-order valence-electron chi connectivity index (χ1n) is 5.79. The van der Waals surface area contributed by atoms with Crippen LogP contribution in [0.25, 0.3) is 0 Å². The number of nitrogens with zero attached hydrogens (tertiary/aromatic N) is 1. The Hall–Kier alpha value is -1.88. The molecule has 6 heteroatoms. The van der Waals surface area contributed by atoms with Gasteiger partial charge in [-0.15, -0.1) is 0 Å². The van der Waals surface area contributed by atoms with E-state index < -0.39 is 11.7 Å². The van der Waals surface area contributed by atoms with Gasteiger partial charge >= 0.3 is 0 Å². The minimum Gasteiger partial charge on any atom is -0.305 e. The van der Waals surface area contributed by atoms with Crippen molar-refractivity contribution in [2.45, 2.75) is 19.8 Å². The maximum atomic E-state index is 13.7. The van der Waals surface area contributed by atoms with Crippen LogP contribution in [0.4, 0.5) is 10.2 Å². The van der Waals surface area contributed by atoms with Crippen LogP contribution in [0.2, 0.25) is 5.02 Å². The Morgan fingerprint density at radius 1 is 1.47 bits per heavy atom. The predicted molar refractivity (Wildman–Crippen MR) is 72.0 cm³/mol. The summed E-state index contributed by atoms with van der Waals surface area (Å²) in [6, 6.07) is 5.99. The number of benzene rings is 1. The van der Waals surface area contributed by atoms with Crippen molar-refractivity contribution in [2.75, 3.05) is 5.32 Å². The number of nitrogens with one attached hydrogen (secondary N) is 2. The van der Waals surface area contributed by atoms with Crippen LogP contribution < -0.4 is 5.32 Å². The summed E-state index contributed by atoms with van der Waals surface area (Å²) in [6.45, 7) is 3.99. The molecule has 4 nitrogen and oxygen atoms in total. The number of anilines is 1. The van der Waals surface area contributed by atoms with Gasteiger partial charge in [0, 0.05) is 11.8 Å². The number of rotatable bonds is 3. The van der Waals surface area contributed by atoms with Crippen LogP contribution in [-0.2, 0) is 0 Å². The Morgan fingerprint density at radius 2 is 2.21 bits per heavy atom. The van der Waals surface area contributed by atoms with Gasteiger partial charge < -0.3 is 5.32 Å². The highest BCUT2D eigenvalue weighted by Crippen LogP contribution is 2.20. The quantitative estimate of drug-likeness (QED) is 0.903. The fraction of sp³-hybridized carbons (Fsp3) is 0.231. The summed E-state index contributed by atoms with van der Waals surface area (Å²) in [5.74, 6) is -0.697. The third kappa shape index (κ3) is 2.93. The van der Waals surface area contributed by atoms with E-state index in [9.17, 15) is 9.18 Å². The Kier molecular flexibility index (Phi) is 3.85. The van der Waals surface area contributed by atoms with Crippen molar-refractivity contribution in [3.05, 3.63) is 46.4 Å². The molecule has 0 aliphatic heterocycles. The molecule has 0 radical (unpaired) electrons. The predicted octanol–water partition coefficient (Wildman–Crippen LogP) is 3.58. The molecule has 0 spiro atoms. The van der Waals surface area contributed by atoms with Crippen LogP contribution in [0.15, 0.2) is 24.3 Å². The van der Waals surface area contributed by atoms with E-state index in [1.54, 1.807) is 6.07 Å². The molecule has 1 aromatic heterocycles. The lowest BCUT2D eigenvalue weighted by atomic mass is 10.1. The highest BCUT2D eigenvalue weighted by molar-refractivity contribution is 6.31. The fourth-order valence-corrected chi connectivity index (χ4v) is 1.73. The zero-order chi connectivity index (χ0) is 14.0. The van der Waals surface area contributed by atoms with Gasteiger partial charge in [-0.3, -0.25) is 9.89 Å². The minimum absolute atomic E-state index is 0.0856. The largest absolute Gasteiger partial charge is 0.305 e. The van der Waals surface area contributed by atoms with Gasteiger partial charge in [-0.05, 0) is 18.1 Å². The number of H-pyrrole nitrogens is 1. The summed E-state index contributed by atoms with van der Waals surface area (Å²) < 4.78 is 13.7. The van der Waals surface area contributed by atoms with Crippen LogP contribution in [-0.4, -0.2) is 16.1 Å². The molecule has 0 saturated heterocycles. The number of carbonyl (C=O) groups is 1. The molecule has 1 amide bonds. The van der Waals surface area contributed by atoms with Crippen LogP contribution in [0, 0.1) is 5.82 Å². The third-order valence-electron chi connectivity index (χ3n) is 2.66. The molecule has 0 saturated carbocycles. The Balaban J connectivity index is 2.18. The maximum absolute atomic E-state index is 13.7. The summed E-state index contributed by atoms with van der Waals surface area (Å²) in [5.41, 5.74) is 0.781. The van der Waals surface area contributed by atoms with Crippen LogP contribution >= 0.6 is 11.6 Å². The first kappa shape index (κ1) is 13.5. The van der Waals surface area contributed by atoms with Crippen molar-refractivity contribution in [1.82, 2.24) is 10.2 Å². The molecule has 2 rings (SSSR count). The maximum Gasteiger partial charge on any atom is 0.259 e. The smallest absolute Gasteiger partial charge is 0.259 e. The molecule has 100 valence electrons. The molecule has 1 heterocycles. The number of hydrogen-bond acceptors (Lipinski definition) is 2. The zero-order valence-electron chi connectivity index (χ0n) is 10.5.